The molecule has 0 spiro atoms. The Kier molecular flexibility index (Phi) is 6.47. The van der Waals surface area contributed by atoms with E-state index in [4.69, 9.17) is 22.4 Å². The normalized spacial score (nSPS) is 13.7. The number of rotatable bonds is 7. The van der Waals surface area contributed by atoms with Crippen LogP contribution in [0.25, 0.3) is 28.0 Å². The van der Waals surface area contributed by atoms with Crippen molar-refractivity contribution in [1.82, 2.24) is 24.6 Å². The second kappa shape index (κ2) is 9.72. The number of aromatic nitrogens is 4. The molecule has 2 aromatic heterocycles. The van der Waals surface area contributed by atoms with Crippen LogP contribution in [0.3, 0.4) is 0 Å². The molecule has 1 fully saturated rings. The number of nitrogen functional groups attached to an aromatic ring is 1. The summed E-state index contributed by atoms with van der Waals surface area (Å²) in [6.45, 7) is 2.76. The smallest absolute Gasteiger partial charge is 0.250 e. The third-order valence-corrected chi connectivity index (χ3v) is 6.83. The van der Waals surface area contributed by atoms with Gasteiger partial charge >= 0.3 is 0 Å². The first-order valence-corrected chi connectivity index (χ1v) is 12.2. The van der Waals surface area contributed by atoms with Crippen LogP contribution in [-0.2, 0) is 4.79 Å². The van der Waals surface area contributed by atoms with Crippen molar-refractivity contribution < 1.29 is 4.79 Å². The molecule has 0 unspecified atom stereocenters. The van der Waals surface area contributed by atoms with E-state index in [0.717, 1.165) is 29.0 Å². The van der Waals surface area contributed by atoms with Crippen molar-refractivity contribution >= 4 is 40.0 Å². The largest absolute Gasteiger partial charge is 0.383 e. The number of fused-ring (bicyclic) bond motifs is 1. The van der Waals surface area contributed by atoms with Gasteiger partial charge in [-0.1, -0.05) is 35.9 Å². The van der Waals surface area contributed by atoms with Gasteiger partial charge in [0.15, 0.2) is 5.65 Å². The molecule has 9 heteroatoms. The van der Waals surface area contributed by atoms with E-state index in [2.05, 4.69) is 21.9 Å². The zero-order valence-electron chi connectivity index (χ0n) is 20.5. The number of likely N-dealkylation sites (N-methyl/N-ethyl adjacent to an activating group) is 2. The van der Waals surface area contributed by atoms with E-state index in [1.54, 1.807) is 22.7 Å². The van der Waals surface area contributed by atoms with E-state index in [1.165, 1.54) is 19.2 Å². The molecule has 1 aliphatic rings. The van der Waals surface area contributed by atoms with Crippen LogP contribution < -0.4 is 10.6 Å². The predicted octanol–water partition coefficient (Wildman–Crippen LogP) is 4.64. The molecule has 1 amide bonds. The van der Waals surface area contributed by atoms with E-state index >= 15 is 0 Å². The van der Waals surface area contributed by atoms with Crippen molar-refractivity contribution in [2.75, 3.05) is 31.3 Å². The molecule has 184 valence electrons. The zero-order valence-corrected chi connectivity index (χ0v) is 21.3. The topological polar surface area (TPSA) is 93.2 Å². The summed E-state index contributed by atoms with van der Waals surface area (Å²) in [7, 11) is 3.86. The minimum atomic E-state index is -0.0900. The van der Waals surface area contributed by atoms with Crippen LogP contribution in [0.1, 0.15) is 18.4 Å². The monoisotopic (exact) mass is 501 g/mol. The molecular weight excluding hydrogens is 474 g/mol. The lowest BCUT2D eigenvalue weighted by Gasteiger charge is -2.18. The molecule has 4 aromatic rings. The van der Waals surface area contributed by atoms with E-state index in [0.29, 0.717) is 33.6 Å². The minimum Gasteiger partial charge on any atom is -0.383 e. The quantitative estimate of drug-likeness (QED) is 0.371. The third-order valence-electron chi connectivity index (χ3n) is 6.57. The number of carbonyl (C=O) groups excluding carboxylic acids is 1. The van der Waals surface area contributed by atoms with Gasteiger partial charge < -0.3 is 10.6 Å². The number of nitrogens with zero attached hydrogens (tertiary/aromatic N) is 6. The standard InChI is InChI=1S/C27H28ClN7O/c1-17-6-11-21(34(3)23(36)5-4-14-33(2)20-12-13-20)15-22(17)35-27-24(26(29)30-16-31-27)25(32-35)18-7-9-19(28)10-8-18/h4-11,15-16,20H,12-14H2,1-3H3,(H2,29,30,31)/b5-4+. The average molecular weight is 502 g/mol. The fraction of sp³-hybridized carbons (Fsp3) is 0.259. The number of carbonyl (C=O) groups is 1. The van der Waals surface area contributed by atoms with Crippen LogP contribution in [0.2, 0.25) is 5.02 Å². The summed E-state index contributed by atoms with van der Waals surface area (Å²) >= 11 is 6.09. The summed E-state index contributed by atoms with van der Waals surface area (Å²) in [5.41, 5.74) is 10.9. The lowest BCUT2D eigenvalue weighted by molar-refractivity contribution is -0.113. The van der Waals surface area contributed by atoms with E-state index in [1.807, 2.05) is 55.5 Å². The summed E-state index contributed by atoms with van der Waals surface area (Å²) in [5, 5.41) is 6.19. The highest BCUT2D eigenvalue weighted by Crippen LogP contribution is 2.33. The number of anilines is 2. The molecule has 0 saturated heterocycles. The molecule has 0 bridgehead atoms. The van der Waals surface area contributed by atoms with E-state index < -0.39 is 0 Å². The molecule has 0 radical (unpaired) electrons. The summed E-state index contributed by atoms with van der Waals surface area (Å²) in [4.78, 5) is 25.4. The fourth-order valence-electron chi connectivity index (χ4n) is 4.21. The highest BCUT2D eigenvalue weighted by molar-refractivity contribution is 6.30. The predicted molar refractivity (Wildman–Crippen MR) is 144 cm³/mol. The summed E-state index contributed by atoms with van der Waals surface area (Å²) in [5.74, 6) is 0.256. The lowest BCUT2D eigenvalue weighted by Crippen LogP contribution is -2.25. The molecule has 5 rings (SSSR count). The molecule has 2 N–H and O–H groups in total. The van der Waals surface area contributed by atoms with Gasteiger partial charge in [0.2, 0.25) is 5.91 Å². The van der Waals surface area contributed by atoms with Gasteiger partial charge in [-0.25, -0.2) is 14.6 Å². The second-order valence-corrected chi connectivity index (χ2v) is 9.60. The van der Waals surface area contributed by atoms with E-state index in [9.17, 15) is 4.79 Å². The summed E-state index contributed by atoms with van der Waals surface area (Å²) in [6.07, 6.45) is 7.46. The number of hydrogen-bond donors (Lipinski definition) is 1. The fourth-order valence-corrected chi connectivity index (χ4v) is 4.34. The molecular formula is C27H28ClN7O. The first kappa shape index (κ1) is 24.0. The summed E-state index contributed by atoms with van der Waals surface area (Å²) < 4.78 is 1.76. The second-order valence-electron chi connectivity index (χ2n) is 9.17. The van der Waals surface area contributed by atoms with Gasteiger partial charge in [-0.15, -0.1) is 0 Å². The van der Waals surface area contributed by atoms with Crippen molar-refractivity contribution in [2.45, 2.75) is 25.8 Å². The van der Waals surface area contributed by atoms with Crippen molar-refractivity contribution in [3.05, 3.63) is 71.5 Å². The number of benzene rings is 2. The number of nitrogens with two attached hydrogens (primary N) is 1. The summed E-state index contributed by atoms with van der Waals surface area (Å²) in [6, 6.07) is 13.9. The Morgan fingerprint density at radius 1 is 1.17 bits per heavy atom. The van der Waals surface area contributed by atoms with Crippen LogP contribution in [0.5, 0.6) is 0 Å². The van der Waals surface area contributed by atoms with Gasteiger partial charge in [-0.2, -0.15) is 5.10 Å². The molecule has 36 heavy (non-hydrogen) atoms. The maximum absolute atomic E-state index is 12.9. The van der Waals surface area contributed by atoms with Gasteiger partial charge in [0.25, 0.3) is 0 Å². The maximum Gasteiger partial charge on any atom is 0.250 e. The highest BCUT2D eigenvalue weighted by atomic mass is 35.5. The molecule has 1 saturated carbocycles. The Labute approximate surface area is 215 Å². The number of halogens is 1. The maximum atomic E-state index is 12.9. The minimum absolute atomic E-state index is 0.0900. The highest BCUT2D eigenvalue weighted by Gasteiger charge is 2.25. The lowest BCUT2D eigenvalue weighted by atomic mass is 10.1. The van der Waals surface area contributed by atoms with Crippen LogP contribution >= 0.6 is 11.6 Å². The molecule has 0 atom stereocenters. The molecule has 0 aliphatic heterocycles. The Bertz CT molecular complexity index is 1460. The van der Waals surface area contributed by atoms with Crippen LogP contribution in [0.4, 0.5) is 11.5 Å². The van der Waals surface area contributed by atoms with Crippen molar-refractivity contribution in [2.24, 2.45) is 0 Å². The number of amides is 1. The molecule has 2 aromatic carbocycles. The number of hydrogen-bond acceptors (Lipinski definition) is 6. The Morgan fingerprint density at radius 3 is 2.64 bits per heavy atom. The Hall–Kier alpha value is -3.75. The van der Waals surface area contributed by atoms with Gasteiger partial charge in [0, 0.05) is 42.0 Å². The van der Waals surface area contributed by atoms with Gasteiger partial charge in [0.1, 0.15) is 17.8 Å². The molecule has 8 nitrogen and oxygen atoms in total. The number of aryl methyl sites for hydroxylation is 1. The van der Waals surface area contributed by atoms with Crippen LogP contribution in [0.15, 0.2) is 60.9 Å². The molecule has 1 aliphatic carbocycles. The Morgan fingerprint density at radius 2 is 1.92 bits per heavy atom. The average Bonchev–Trinajstić information content (AvgIpc) is 3.65. The zero-order chi connectivity index (χ0) is 25.4. The Balaban J connectivity index is 1.51. The van der Waals surface area contributed by atoms with Gasteiger partial charge in [0.05, 0.1) is 11.1 Å². The third kappa shape index (κ3) is 4.69. The molecule has 2 heterocycles. The van der Waals surface area contributed by atoms with Gasteiger partial charge in [-0.3, -0.25) is 9.69 Å². The van der Waals surface area contributed by atoms with E-state index in [-0.39, 0.29) is 5.91 Å². The SMILES string of the molecule is Cc1ccc(N(C)C(=O)/C=C/CN(C)C2CC2)cc1-n1nc(-c2ccc(Cl)cc2)c2c(N)ncnc21. The van der Waals surface area contributed by atoms with Crippen molar-refractivity contribution in [3.8, 4) is 16.9 Å². The van der Waals surface area contributed by atoms with Gasteiger partial charge in [-0.05, 0) is 56.6 Å². The van der Waals surface area contributed by atoms with Crippen molar-refractivity contribution in [1.29, 1.82) is 0 Å². The van der Waals surface area contributed by atoms with Crippen molar-refractivity contribution in [3.63, 3.8) is 0 Å². The first-order valence-electron chi connectivity index (χ1n) is 11.8. The van der Waals surface area contributed by atoms with Crippen LogP contribution in [-0.4, -0.2) is 57.2 Å². The van der Waals surface area contributed by atoms with Crippen LogP contribution in [0, 0.1) is 6.92 Å². The first-order chi connectivity index (χ1) is 17.3.